The summed E-state index contributed by atoms with van der Waals surface area (Å²) in [7, 11) is 3.25. The largest absolute Gasteiger partial charge is 0.397 e. The SMILES string of the molecule is CN(C)C(=O)c1ccn(-c2ncc(N)cc2C(N)=O)n1. The molecule has 2 aromatic rings. The highest BCUT2D eigenvalue weighted by Crippen LogP contribution is 2.14. The molecular weight excluding hydrogens is 260 g/mol. The monoisotopic (exact) mass is 274 g/mol. The molecular formula is C12H14N6O2. The highest BCUT2D eigenvalue weighted by atomic mass is 16.2. The van der Waals surface area contributed by atoms with Crippen LogP contribution in [0.15, 0.2) is 24.5 Å². The van der Waals surface area contributed by atoms with E-state index in [0.29, 0.717) is 5.69 Å². The first kappa shape index (κ1) is 13.5. The standard InChI is InChI=1S/C12H14N6O2/c1-17(2)12(20)9-3-4-18(16-9)11-8(10(14)19)5-7(13)6-15-11/h3-6H,13H2,1-2H3,(H2,14,19). The Labute approximate surface area is 115 Å². The first-order chi connectivity index (χ1) is 9.40. The van der Waals surface area contributed by atoms with Gasteiger partial charge in [0.15, 0.2) is 11.5 Å². The zero-order chi connectivity index (χ0) is 14.9. The molecule has 0 radical (unpaired) electrons. The number of nitrogens with zero attached hydrogens (tertiary/aromatic N) is 4. The van der Waals surface area contributed by atoms with Gasteiger partial charge in [-0.1, -0.05) is 0 Å². The van der Waals surface area contributed by atoms with Gasteiger partial charge in [0, 0.05) is 20.3 Å². The number of carbonyl (C=O) groups excluding carboxylic acids is 2. The molecule has 0 aliphatic rings. The number of rotatable bonds is 3. The quantitative estimate of drug-likeness (QED) is 0.792. The number of aromatic nitrogens is 3. The van der Waals surface area contributed by atoms with Gasteiger partial charge in [-0.25, -0.2) is 9.67 Å². The zero-order valence-corrected chi connectivity index (χ0v) is 11.1. The lowest BCUT2D eigenvalue weighted by atomic mass is 10.2. The van der Waals surface area contributed by atoms with E-state index in [1.165, 1.54) is 34.1 Å². The highest BCUT2D eigenvalue weighted by Gasteiger charge is 2.16. The van der Waals surface area contributed by atoms with Crippen molar-refractivity contribution in [3.05, 3.63) is 35.8 Å². The first-order valence-corrected chi connectivity index (χ1v) is 5.73. The predicted molar refractivity (Wildman–Crippen MR) is 72.3 cm³/mol. The summed E-state index contributed by atoms with van der Waals surface area (Å²) >= 11 is 0. The van der Waals surface area contributed by atoms with Crippen molar-refractivity contribution in [3.63, 3.8) is 0 Å². The van der Waals surface area contributed by atoms with Crippen LogP contribution >= 0.6 is 0 Å². The van der Waals surface area contributed by atoms with Crippen LogP contribution in [0.2, 0.25) is 0 Å². The molecule has 0 aliphatic carbocycles. The van der Waals surface area contributed by atoms with Gasteiger partial charge >= 0.3 is 0 Å². The topological polar surface area (TPSA) is 120 Å². The summed E-state index contributed by atoms with van der Waals surface area (Å²) in [6.07, 6.45) is 2.92. The van der Waals surface area contributed by atoms with Crippen molar-refractivity contribution < 1.29 is 9.59 Å². The Balaban J connectivity index is 2.48. The molecule has 2 amide bonds. The van der Waals surface area contributed by atoms with Crippen molar-refractivity contribution in [2.24, 2.45) is 5.73 Å². The molecule has 0 unspecified atom stereocenters. The lowest BCUT2D eigenvalue weighted by Gasteiger charge is -2.08. The summed E-state index contributed by atoms with van der Waals surface area (Å²) in [6.45, 7) is 0. The van der Waals surface area contributed by atoms with Crippen LogP contribution in [-0.4, -0.2) is 45.6 Å². The van der Waals surface area contributed by atoms with Crippen molar-refractivity contribution >= 4 is 17.5 Å². The number of anilines is 1. The van der Waals surface area contributed by atoms with E-state index in [2.05, 4.69) is 10.1 Å². The number of nitrogens with two attached hydrogens (primary N) is 2. The molecule has 2 heterocycles. The maximum absolute atomic E-state index is 11.8. The molecule has 0 aliphatic heterocycles. The van der Waals surface area contributed by atoms with Crippen LogP contribution in [0, 0.1) is 0 Å². The normalized spacial score (nSPS) is 10.3. The van der Waals surface area contributed by atoms with Crippen molar-refractivity contribution in [1.82, 2.24) is 19.7 Å². The summed E-state index contributed by atoms with van der Waals surface area (Å²) in [5.74, 6) is -0.694. The van der Waals surface area contributed by atoms with E-state index in [-0.39, 0.29) is 23.0 Å². The van der Waals surface area contributed by atoms with E-state index in [4.69, 9.17) is 11.5 Å². The Morgan fingerprint density at radius 2 is 2.05 bits per heavy atom. The van der Waals surface area contributed by atoms with E-state index >= 15 is 0 Å². The van der Waals surface area contributed by atoms with Crippen molar-refractivity contribution in [1.29, 1.82) is 0 Å². The molecule has 2 aromatic heterocycles. The minimum absolute atomic E-state index is 0.136. The molecule has 20 heavy (non-hydrogen) atoms. The van der Waals surface area contributed by atoms with Gasteiger partial charge in [-0.15, -0.1) is 0 Å². The van der Waals surface area contributed by atoms with Gasteiger partial charge in [-0.2, -0.15) is 5.10 Å². The maximum Gasteiger partial charge on any atom is 0.273 e. The zero-order valence-electron chi connectivity index (χ0n) is 11.1. The summed E-state index contributed by atoms with van der Waals surface area (Å²) in [5, 5.41) is 4.09. The van der Waals surface area contributed by atoms with Crippen LogP contribution in [0.4, 0.5) is 5.69 Å². The average Bonchev–Trinajstić information content (AvgIpc) is 2.86. The Hall–Kier alpha value is -2.90. The molecule has 0 bridgehead atoms. The minimum atomic E-state index is -0.671. The third kappa shape index (κ3) is 2.44. The minimum Gasteiger partial charge on any atom is -0.397 e. The molecule has 0 aromatic carbocycles. The predicted octanol–water partition coefficient (Wildman–Crippen LogP) is -0.350. The van der Waals surface area contributed by atoms with Crippen LogP contribution in [0.5, 0.6) is 0 Å². The smallest absolute Gasteiger partial charge is 0.273 e. The number of amides is 2. The second kappa shape index (κ2) is 5.00. The molecule has 104 valence electrons. The lowest BCUT2D eigenvalue weighted by Crippen LogP contribution is -2.22. The second-order valence-corrected chi connectivity index (χ2v) is 4.35. The van der Waals surface area contributed by atoms with Gasteiger partial charge in [0.25, 0.3) is 11.8 Å². The molecule has 0 spiro atoms. The third-order valence-corrected chi connectivity index (χ3v) is 2.58. The number of carbonyl (C=O) groups is 2. The maximum atomic E-state index is 11.8. The van der Waals surface area contributed by atoms with Gasteiger partial charge in [0.1, 0.15) is 0 Å². The number of pyridine rings is 1. The van der Waals surface area contributed by atoms with Gasteiger partial charge in [0.2, 0.25) is 0 Å². The Kier molecular flexibility index (Phi) is 3.38. The molecule has 0 atom stereocenters. The number of hydrogen-bond donors (Lipinski definition) is 2. The molecule has 0 fully saturated rings. The average molecular weight is 274 g/mol. The van der Waals surface area contributed by atoms with Crippen LogP contribution in [-0.2, 0) is 0 Å². The lowest BCUT2D eigenvalue weighted by molar-refractivity contribution is 0.0821. The van der Waals surface area contributed by atoms with Crippen molar-refractivity contribution in [3.8, 4) is 5.82 Å². The first-order valence-electron chi connectivity index (χ1n) is 5.73. The fraction of sp³-hybridized carbons (Fsp3) is 0.167. The van der Waals surface area contributed by atoms with Crippen LogP contribution < -0.4 is 11.5 Å². The summed E-state index contributed by atoms with van der Waals surface area (Å²) in [6, 6.07) is 2.95. The summed E-state index contributed by atoms with van der Waals surface area (Å²) < 4.78 is 1.32. The third-order valence-electron chi connectivity index (χ3n) is 2.58. The molecule has 0 saturated carbocycles. The van der Waals surface area contributed by atoms with Gasteiger partial charge in [-0.05, 0) is 12.1 Å². The van der Waals surface area contributed by atoms with E-state index in [9.17, 15) is 9.59 Å². The Bertz CT molecular complexity index is 676. The Morgan fingerprint density at radius 3 is 2.65 bits per heavy atom. The fourth-order valence-electron chi connectivity index (χ4n) is 1.62. The molecule has 8 nitrogen and oxygen atoms in total. The Morgan fingerprint density at radius 1 is 1.35 bits per heavy atom. The molecule has 0 saturated heterocycles. The van der Waals surface area contributed by atoms with Crippen molar-refractivity contribution in [2.45, 2.75) is 0 Å². The van der Waals surface area contributed by atoms with Crippen LogP contribution in [0.25, 0.3) is 5.82 Å². The fourth-order valence-corrected chi connectivity index (χ4v) is 1.62. The highest BCUT2D eigenvalue weighted by molar-refractivity contribution is 5.96. The van der Waals surface area contributed by atoms with E-state index in [1.54, 1.807) is 14.1 Å². The van der Waals surface area contributed by atoms with E-state index in [1.807, 2.05) is 0 Å². The number of primary amides is 1. The number of nitrogen functional groups attached to an aromatic ring is 1. The van der Waals surface area contributed by atoms with Gasteiger partial charge in [-0.3, -0.25) is 9.59 Å². The summed E-state index contributed by atoms with van der Waals surface area (Å²) in [5.41, 5.74) is 11.6. The molecule has 4 N–H and O–H groups in total. The van der Waals surface area contributed by atoms with Gasteiger partial charge in [0.05, 0.1) is 17.4 Å². The number of hydrogen-bond acceptors (Lipinski definition) is 5. The van der Waals surface area contributed by atoms with Crippen LogP contribution in [0.3, 0.4) is 0 Å². The molecule has 8 heteroatoms. The van der Waals surface area contributed by atoms with Gasteiger partial charge < -0.3 is 16.4 Å². The summed E-state index contributed by atoms with van der Waals surface area (Å²) in [4.78, 5) is 28.6. The van der Waals surface area contributed by atoms with E-state index in [0.717, 1.165) is 0 Å². The second-order valence-electron chi connectivity index (χ2n) is 4.35. The van der Waals surface area contributed by atoms with Crippen molar-refractivity contribution in [2.75, 3.05) is 19.8 Å². The molecule has 2 rings (SSSR count). The van der Waals surface area contributed by atoms with Crippen LogP contribution in [0.1, 0.15) is 20.8 Å². The van der Waals surface area contributed by atoms with E-state index < -0.39 is 5.91 Å².